The van der Waals surface area contributed by atoms with Crippen molar-refractivity contribution < 1.29 is 18.3 Å². The van der Waals surface area contributed by atoms with Gasteiger partial charge in [-0.15, -0.1) is 0 Å². The minimum absolute atomic E-state index is 0.0476. The van der Waals surface area contributed by atoms with Crippen molar-refractivity contribution in [2.45, 2.75) is 45.7 Å². The number of aromatic nitrogens is 1. The highest BCUT2D eigenvalue weighted by Gasteiger charge is 2.13. The van der Waals surface area contributed by atoms with E-state index in [1.807, 2.05) is 24.4 Å². The van der Waals surface area contributed by atoms with Crippen molar-refractivity contribution in [2.24, 2.45) is 4.99 Å². The molecule has 0 aromatic carbocycles. The molecule has 1 N–H and O–H groups in total. The summed E-state index contributed by atoms with van der Waals surface area (Å²) in [6.45, 7) is 7.48. The van der Waals surface area contributed by atoms with E-state index in [-0.39, 0.29) is 36.1 Å². The van der Waals surface area contributed by atoms with E-state index >= 15 is 0 Å². The smallest absolute Gasteiger partial charge is 0.305 e. The maximum atomic E-state index is 13.8. The van der Waals surface area contributed by atoms with Gasteiger partial charge in [0.2, 0.25) is 5.95 Å². The number of hydrogen-bond donors (Lipinski definition) is 1. The highest BCUT2D eigenvalue weighted by molar-refractivity contribution is 6.29. The molecular formula is C21H30ClF2N3O2. The fourth-order valence-corrected chi connectivity index (χ4v) is 2.21. The van der Waals surface area contributed by atoms with Crippen molar-refractivity contribution in [3.8, 4) is 0 Å². The van der Waals surface area contributed by atoms with Crippen molar-refractivity contribution >= 4 is 23.3 Å². The van der Waals surface area contributed by atoms with Gasteiger partial charge in [-0.3, -0.25) is 9.78 Å². The lowest BCUT2D eigenvalue weighted by atomic mass is 10.2. The monoisotopic (exact) mass is 429 g/mol. The number of carbonyl (C=O) groups is 1. The van der Waals surface area contributed by atoms with Gasteiger partial charge in [-0.25, -0.2) is 9.38 Å². The van der Waals surface area contributed by atoms with Crippen LogP contribution in [-0.2, 0) is 16.0 Å². The summed E-state index contributed by atoms with van der Waals surface area (Å²) in [4.78, 5) is 18.8. The Bertz CT molecular complexity index is 667. The van der Waals surface area contributed by atoms with Crippen LogP contribution >= 0.6 is 11.6 Å². The third-order valence-corrected chi connectivity index (χ3v) is 3.86. The zero-order valence-electron chi connectivity index (χ0n) is 17.3. The average molecular weight is 430 g/mol. The van der Waals surface area contributed by atoms with Gasteiger partial charge in [-0.05, 0) is 45.4 Å². The molecule has 0 aliphatic heterocycles. The Kier molecular flexibility index (Phi) is 15.6. The van der Waals surface area contributed by atoms with Gasteiger partial charge in [0.25, 0.3) is 0 Å². The van der Waals surface area contributed by atoms with Crippen molar-refractivity contribution in [1.82, 2.24) is 10.3 Å². The number of alkyl halides is 1. The van der Waals surface area contributed by atoms with E-state index in [1.54, 1.807) is 14.0 Å². The molecule has 1 atom stereocenters. The third-order valence-electron chi connectivity index (χ3n) is 3.52. The Morgan fingerprint density at radius 3 is 2.62 bits per heavy atom. The number of nitrogens with one attached hydrogen (secondary N) is 1. The van der Waals surface area contributed by atoms with E-state index < -0.39 is 12.1 Å². The van der Waals surface area contributed by atoms with E-state index in [2.05, 4.69) is 28.8 Å². The average Bonchev–Trinajstić information content (AvgIpc) is 2.73. The molecule has 8 heteroatoms. The molecule has 0 bridgehead atoms. The predicted molar refractivity (Wildman–Crippen MR) is 115 cm³/mol. The first-order valence-corrected chi connectivity index (χ1v) is 9.85. The van der Waals surface area contributed by atoms with Crippen LogP contribution in [0.25, 0.3) is 0 Å². The number of ether oxygens (including phenoxy) is 1. The first-order valence-electron chi connectivity index (χ1n) is 9.47. The zero-order chi connectivity index (χ0) is 22.1. The summed E-state index contributed by atoms with van der Waals surface area (Å²) >= 11 is 5.76. The summed E-state index contributed by atoms with van der Waals surface area (Å²) in [5, 5.41) is 2.54. The Balaban J connectivity index is 0.000000807. The van der Waals surface area contributed by atoms with Crippen LogP contribution in [0.2, 0.25) is 0 Å². The van der Waals surface area contributed by atoms with Gasteiger partial charge in [0.1, 0.15) is 0 Å². The zero-order valence-corrected chi connectivity index (χ0v) is 18.0. The molecule has 0 radical (unpaired) electrons. The number of hydrogen-bond acceptors (Lipinski definition) is 5. The summed E-state index contributed by atoms with van der Waals surface area (Å²) < 4.78 is 32.0. The molecule has 1 heterocycles. The summed E-state index contributed by atoms with van der Waals surface area (Å²) in [6.07, 6.45) is 2.93. The van der Waals surface area contributed by atoms with Gasteiger partial charge in [-0.2, -0.15) is 4.39 Å². The van der Waals surface area contributed by atoms with E-state index in [9.17, 15) is 13.6 Å². The first-order chi connectivity index (χ1) is 13.9. The molecule has 0 aliphatic rings. The normalized spacial score (nSPS) is 13.0. The standard InChI is InChI=1S/C14H21ClF2N2O2.C7H9N/c1-4-11(16)12(9-18-3)19-14(17)10(15)7-6-8-13(20)21-5-2;1-2-7-5-3-4-6-8-7/h4,11,18H,1,5-9H2,2-3H3;3-6H,2H2,1H3/b14-10+,19-12-;. The highest BCUT2D eigenvalue weighted by Crippen LogP contribution is 2.20. The second-order valence-electron chi connectivity index (χ2n) is 5.80. The topological polar surface area (TPSA) is 63.6 Å². The Hall–Kier alpha value is -2.12. The second kappa shape index (κ2) is 16.8. The van der Waals surface area contributed by atoms with Crippen LogP contribution in [0.5, 0.6) is 0 Å². The molecule has 162 valence electrons. The number of esters is 1. The van der Waals surface area contributed by atoms with Crippen LogP contribution in [0, 0.1) is 0 Å². The lowest BCUT2D eigenvalue weighted by molar-refractivity contribution is -0.143. The molecule has 1 unspecified atom stereocenters. The summed E-state index contributed by atoms with van der Waals surface area (Å²) in [5.74, 6) is -1.31. The number of pyridine rings is 1. The van der Waals surface area contributed by atoms with Crippen molar-refractivity contribution in [3.05, 3.63) is 53.7 Å². The van der Waals surface area contributed by atoms with Crippen LogP contribution < -0.4 is 5.32 Å². The maximum Gasteiger partial charge on any atom is 0.305 e. The summed E-state index contributed by atoms with van der Waals surface area (Å²) in [6, 6.07) is 5.96. The minimum atomic E-state index is -1.55. The number of halogens is 3. The predicted octanol–water partition coefficient (Wildman–Crippen LogP) is 4.93. The number of aliphatic imine (C=N–C) groups is 1. The molecule has 0 fully saturated rings. The molecule has 5 nitrogen and oxygen atoms in total. The van der Waals surface area contributed by atoms with E-state index in [0.29, 0.717) is 13.0 Å². The fraction of sp³-hybridized carbons (Fsp3) is 0.476. The van der Waals surface area contributed by atoms with Crippen LogP contribution in [-0.4, -0.2) is 43.0 Å². The van der Waals surface area contributed by atoms with E-state index in [4.69, 9.17) is 16.3 Å². The molecule has 29 heavy (non-hydrogen) atoms. The Labute approximate surface area is 176 Å². The minimum Gasteiger partial charge on any atom is -0.466 e. The van der Waals surface area contributed by atoms with Gasteiger partial charge in [0.15, 0.2) is 6.17 Å². The maximum absolute atomic E-state index is 13.8. The number of allylic oxidation sites excluding steroid dienone is 2. The van der Waals surface area contributed by atoms with Crippen LogP contribution in [0.1, 0.15) is 38.8 Å². The number of aryl methyl sites for hydroxylation is 1. The lowest BCUT2D eigenvalue weighted by Crippen LogP contribution is -2.26. The number of nitrogens with zero attached hydrogens (tertiary/aromatic N) is 2. The quantitative estimate of drug-likeness (QED) is 0.234. The molecule has 1 aromatic heterocycles. The Morgan fingerprint density at radius 1 is 1.41 bits per heavy atom. The SMILES string of the molecule is C=CC(F)/C(CNC)=N\C(F)=C(\Cl)CCCC(=O)OCC.CCc1ccccn1. The van der Waals surface area contributed by atoms with Crippen LogP contribution in [0.4, 0.5) is 8.78 Å². The van der Waals surface area contributed by atoms with Crippen molar-refractivity contribution in [1.29, 1.82) is 0 Å². The van der Waals surface area contributed by atoms with E-state index in [1.165, 1.54) is 0 Å². The van der Waals surface area contributed by atoms with E-state index in [0.717, 1.165) is 18.2 Å². The highest BCUT2D eigenvalue weighted by atomic mass is 35.5. The fourth-order valence-electron chi connectivity index (χ4n) is 2.03. The number of rotatable bonds is 11. The van der Waals surface area contributed by atoms with Crippen molar-refractivity contribution in [2.75, 3.05) is 20.2 Å². The van der Waals surface area contributed by atoms with Gasteiger partial charge in [0, 0.05) is 24.9 Å². The molecule has 0 saturated heterocycles. The van der Waals surface area contributed by atoms with Gasteiger partial charge >= 0.3 is 5.97 Å². The molecule has 1 aromatic rings. The molecule has 0 aliphatic carbocycles. The summed E-state index contributed by atoms with van der Waals surface area (Å²) in [5.41, 5.74) is 1.11. The third kappa shape index (κ3) is 12.9. The molecule has 0 saturated carbocycles. The molecule has 0 spiro atoms. The summed E-state index contributed by atoms with van der Waals surface area (Å²) in [7, 11) is 1.59. The van der Waals surface area contributed by atoms with Crippen LogP contribution in [0.15, 0.2) is 53.0 Å². The second-order valence-corrected chi connectivity index (χ2v) is 6.26. The number of carbonyl (C=O) groups excluding carboxylic acids is 1. The van der Waals surface area contributed by atoms with Gasteiger partial charge in [0.05, 0.1) is 17.4 Å². The molecular weight excluding hydrogens is 400 g/mol. The molecule has 1 rings (SSSR count). The van der Waals surface area contributed by atoms with Gasteiger partial charge in [-0.1, -0.05) is 37.2 Å². The van der Waals surface area contributed by atoms with Crippen LogP contribution in [0.3, 0.4) is 0 Å². The van der Waals surface area contributed by atoms with Gasteiger partial charge < -0.3 is 10.1 Å². The largest absolute Gasteiger partial charge is 0.466 e. The van der Waals surface area contributed by atoms with Crippen molar-refractivity contribution in [3.63, 3.8) is 0 Å². The Morgan fingerprint density at radius 2 is 2.14 bits per heavy atom. The molecule has 0 amide bonds. The first kappa shape index (κ1) is 26.9. The lowest BCUT2D eigenvalue weighted by Gasteiger charge is -2.07.